The molecule has 19 heavy (non-hydrogen) atoms. The number of ether oxygens (including phenoxy) is 1. The monoisotopic (exact) mass is 283 g/mol. The molecule has 0 saturated carbocycles. The molecule has 0 radical (unpaired) electrons. The minimum Gasteiger partial charge on any atom is -0.377 e. The summed E-state index contributed by atoms with van der Waals surface area (Å²) in [5.41, 5.74) is 1.83. The van der Waals surface area contributed by atoms with Crippen LogP contribution in [0, 0.1) is 13.8 Å². The Morgan fingerprint density at radius 1 is 1.37 bits per heavy atom. The van der Waals surface area contributed by atoms with Gasteiger partial charge in [-0.25, -0.2) is 13.1 Å². The van der Waals surface area contributed by atoms with Crippen molar-refractivity contribution in [3.8, 4) is 0 Å². The molecule has 2 rings (SSSR count). The summed E-state index contributed by atoms with van der Waals surface area (Å²) in [6.07, 6.45) is 1.90. The predicted molar refractivity (Wildman–Crippen MR) is 74.7 cm³/mol. The van der Waals surface area contributed by atoms with Gasteiger partial charge in [-0.2, -0.15) is 0 Å². The summed E-state index contributed by atoms with van der Waals surface area (Å²) >= 11 is 0. The number of sulfonamides is 1. The van der Waals surface area contributed by atoms with Crippen molar-refractivity contribution in [2.75, 3.05) is 6.61 Å². The quantitative estimate of drug-likeness (QED) is 0.921. The van der Waals surface area contributed by atoms with Gasteiger partial charge in [0.25, 0.3) is 0 Å². The number of nitrogens with one attached hydrogen (secondary N) is 1. The molecule has 1 aromatic rings. The highest BCUT2D eigenvalue weighted by atomic mass is 32.2. The van der Waals surface area contributed by atoms with E-state index in [1.807, 2.05) is 32.9 Å². The van der Waals surface area contributed by atoms with Crippen LogP contribution in [0.3, 0.4) is 0 Å². The molecule has 2 atom stereocenters. The van der Waals surface area contributed by atoms with Crippen molar-refractivity contribution in [2.45, 2.75) is 50.7 Å². The Morgan fingerprint density at radius 3 is 2.68 bits per heavy atom. The van der Waals surface area contributed by atoms with Crippen molar-refractivity contribution < 1.29 is 13.2 Å². The molecular formula is C14H21NO3S. The molecule has 0 unspecified atom stereocenters. The lowest BCUT2D eigenvalue weighted by molar-refractivity contribution is 0.0902. The van der Waals surface area contributed by atoms with Crippen molar-refractivity contribution in [1.29, 1.82) is 0 Å². The molecule has 106 valence electrons. The smallest absolute Gasteiger partial charge is 0.241 e. The third kappa shape index (κ3) is 3.35. The molecule has 0 spiro atoms. The fourth-order valence-corrected chi connectivity index (χ4v) is 3.98. The van der Waals surface area contributed by atoms with Crippen LogP contribution in [0.2, 0.25) is 0 Å². The summed E-state index contributed by atoms with van der Waals surface area (Å²) in [4.78, 5) is 0.350. The lowest BCUT2D eigenvalue weighted by atomic mass is 10.1. The fourth-order valence-electron chi connectivity index (χ4n) is 2.48. The zero-order valence-corrected chi connectivity index (χ0v) is 12.5. The number of hydrogen-bond donors (Lipinski definition) is 1. The van der Waals surface area contributed by atoms with E-state index in [1.165, 1.54) is 0 Å². The molecule has 1 aliphatic rings. The minimum atomic E-state index is -3.47. The average molecular weight is 283 g/mol. The van der Waals surface area contributed by atoms with Crippen LogP contribution in [0.25, 0.3) is 0 Å². The Bertz CT molecular complexity index is 548. The van der Waals surface area contributed by atoms with Gasteiger partial charge in [-0.1, -0.05) is 17.7 Å². The molecular weight excluding hydrogens is 262 g/mol. The van der Waals surface area contributed by atoms with Crippen LogP contribution in [0.5, 0.6) is 0 Å². The second-order valence-electron chi connectivity index (χ2n) is 5.23. The SMILES string of the molecule is Cc1ccc(S(=O)(=O)N[C@@H](C)[C@@H]2CCCO2)c(C)c1. The van der Waals surface area contributed by atoms with Gasteiger partial charge < -0.3 is 4.74 Å². The van der Waals surface area contributed by atoms with Crippen LogP contribution in [-0.2, 0) is 14.8 Å². The van der Waals surface area contributed by atoms with Gasteiger partial charge in [0.05, 0.1) is 11.0 Å². The Labute approximate surface area is 115 Å². The first kappa shape index (κ1) is 14.5. The second-order valence-corrected chi connectivity index (χ2v) is 6.91. The molecule has 4 nitrogen and oxygen atoms in total. The van der Waals surface area contributed by atoms with Gasteiger partial charge in [-0.15, -0.1) is 0 Å². The topological polar surface area (TPSA) is 55.4 Å². The van der Waals surface area contributed by atoms with Gasteiger partial charge in [0, 0.05) is 12.6 Å². The molecule has 5 heteroatoms. The molecule has 1 saturated heterocycles. The highest BCUT2D eigenvalue weighted by molar-refractivity contribution is 7.89. The first-order valence-electron chi connectivity index (χ1n) is 6.61. The van der Waals surface area contributed by atoms with E-state index in [-0.39, 0.29) is 12.1 Å². The second kappa shape index (κ2) is 5.61. The first-order chi connectivity index (χ1) is 8.90. The van der Waals surface area contributed by atoms with Crippen LogP contribution in [0.15, 0.2) is 23.1 Å². The molecule has 1 N–H and O–H groups in total. The van der Waals surface area contributed by atoms with Crippen molar-refractivity contribution in [3.63, 3.8) is 0 Å². The van der Waals surface area contributed by atoms with E-state index in [2.05, 4.69) is 4.72 Å². The fraction of sp³-hybridized carbons (Fsp3) is 0.571. The Hall–Kier alpha value is -0.910. The van der Waals surface area contributed by atoms with Gasteiger partial charge in [-0.05, 0) is 45.2 Å². The summed E-state index contributed by atoms with van der Waals surface area (Å²) in [6, 6.07) is 5.16. The van der Waals surface area contributed by atoms with Crippen LogP contribution < -0.4 is 4.72 Å². The maximum Gasteiger partial charge on any atom is 0.241 e. The van der Waals surface area contributed by atoms with Gasteiger partial charge in [0.15, 0.2) is 0 Å². The Morgan fingerprint density at radius 2 is 2.11 bits per heavy atom. The third-order valence-electron chi connectivity index (χ3n) is 3.48. The summed E-state index contributed by atoms with van der Waals surface area (Å²) in [7, 11) is -3.47. The molecule has 0 amide bonds. The van der Waals surface area contributed by atoms with E-state index >= 15 is 0 Å². The largest absolute Gasteiger partial charge is 0.377 e. The van der Waals surface area contributed by atoms with Gasteiger partial charge in [0.2, 0.25) is 10.0 Å². The van der Waals surface area contributed by atoms with E-state index in [0.717, 1.165) is 30.6 Å². The van der Waals surface area contributed by atoms with Gasteiger partial charge in [-0.3, -0.25) is 0 Å². The zero-order valence-electron chi connectivity index (χ0n) is 11.6. The van der Waals surface area contributed by atoms with Crippen LogP contribution in [-0.4, -0.2) is 27.2 Å². The lowest BCUT2D eigenvalue weighted by Crippen LogP contribution is -2.40. The Balaban J connectivity index is 2.17. The normalized spacial score (nSPS) is 21.5. The zero-order chi connectivity index (χ0) is 14.0. The molecule has 1 fully saturated rings. The Kier molecular flexibility index (Phi) is 4.28. The summed E-state index contributed by atoms with van der Waals surface area (Å²) < 4.78 is 33.0. The van der Waals surface area contributed by atoms with Crippen LogP contribution in [0.1, 0.15) is 30.9 Å². The number of benzene rings is 1. The maximum absolute atomic E-state index is 12.4. The van der Waals surface area contributed by atoms with Crippen molar-refractivity contribution in [3.05, 3.63) is 29.3 Å². The van der Waals surface area contributed by atoms with E-state index in [0.29, 0.717) is 4.90 Å². The molecule has 0 bridgehead atoms. The first-order valence-corrected chi connectivity index (χ1v) is 8.09. The molecule has 1 heterocycles. The van der Waals surface area contributed by atoms with Crippen molar-refractivity contribution in [2.24, 2.45) is 0 Å². The van der Waals surface area contributed by atoms with Crippen molar-refractivity contribution >= 4 is 10.0 Å². The predicted octanol–water partition coefficient (Wildman–Crippen LogP) is 2.15. The summed E-state index contributed by atoms with van der Waals surface area (Å²) in [5.74, 6) is 0. The van der Waals surface area contributed by atoms with E-state index in [9.17, 15) is 8.42 Å². The maximum atomic E-state index is 12.4. The number of hydrogen-bond acceptors (Lipinski definition) is 3. The molecule has 1 aromatic carbocycles. The van der Waals surface area contributed by atoms with Crippen LogP contribution >= 0.6 is 0 Å². The van der Waals surface area contributed by atoms with E-state index in [4.69, 9.17) is 4.74 Å². The van der Waals surface area contributed by atoms with Crippen LogP contribution in [0.4, 0.5) is 0 Å². The third-order valence-corrected chi connectivity index (χ3v) is 5.20. The average Bonchev–Trinajstić information content (AvgIpc) is 2.80. The summed E-state index contributed by atoms with van der Waals surface area (Å²) in [6.45, 7) is 6.35. The highest BCUT2D eigenvalue weighted by Gasteiger charge is 2.27. The molecule has 1 aliphatic heterocycles. The molecule has 0 aliphatic carbocycles. The van der Waals surface area contributed by atoms with Gasteiger partial charge >= 0.3 is 0 Å². The van der Waals surface area contributed by atoms with E-state index in [1.54, 1.807) is 6.07 Å². The lowest BCUT2D eigenvalue weighted by Gasteiger charge is -2.20. The minimum absolute atomic E-state index is 0.0134. The van der Waals surface area contributed by atoms with Crippen molar-refractivity contribution in [1.82, 2.24) is 4.72 Å². The van der Waals surface area contributed by atoms with Gasteiger partial charge in [0.1, 0.15) is 0 Å². The highest BCUT2D eigenvalue weighted by Crippen LogP contribution is 2.20. The van der Waals surface area contributed by atoms with E-state index < -0.39 is 10.0 Å². The molecule has 0 aromatic heterocycles. The number of aryl methyl sites for hydroxylation is 2. The summed E-state index contributed by atoms with van der Waals surface area (Å²) in [5, 5.41) is 0. The standard InChI is InChI=1S/C14H21NO3S/c1-10-6-7-14(11(2)9-10)19(16,17)15-12(3)13-5-4-8-18-13/h6-7,9,12-13,15H,4-5,8H2,1-3H3/t12-,13-/m0/s1. The number of rotatable bonds is 4.